The highest BCUT2D eigenvalue weighted by atomic mass is 19.4. The molecule has 0 radical (unpaired) electrons. The maximum atomic E-state index is 12.4. The molecule has 0 fully saturated rings. The minimum atomic E-state index is -4.33. The molecule has 1 N–H and O–H groups in total. The van der Waals surface area contributed by atoms with Gasteiger partial charge in [0.15, 0.2) is 0 Å². The molecule has 0 aliphatic carbocycles. The van der Waals surface area contributed by atoms with Crippen LogP contribution in [0.3, 0.4) is 0 Å². The van der Waals surface area contributed by atoms with Crippen molar-refractivity contribution in [2.75, 3.05) is 12.4 Å². The fourth-order valence-corrected chi connectivity index (χ4v) is 1.69. The van der Waals surface area contributed by atoms with E-state index in [1.807, 2.05) is 31.3 Å². The first-order valence-electron chi connectivity index (χ1n) is 6.50. The Bertz CT molecular complexity index is 657. The Balaban J connectivity index is 1.98. The van der Waals surface area contributed by atoms with E-state index in [4.69, 9.17) is 0 Å². The van der Waals surface area contributed by atoms with Crippen LogP contribution in [0.4, 0.5) is 18.9 Å². The fourth-order valence-electron chi connectivity index (χ4n) is 1.69. The van der Waals surface area contributed by atoms with Gasteiger partial charge in [0.1, 0.15) is 0 Å². The zero-order valence-electron chi connectivity index (χ0n) is 11.8. The van der Waals surface area contributed by atoms with Crippen LogP contribution >= 0.6 is 0 Å². The maximum Gasteiger partial charge on any atom is 0.416 e. The summed E-state index contributed by atoms with van der Waals surface area (Å²) in [6.07, 6.45) is -1.36. The van der Waals surface area contributed by atoms with Crippen molar-refractivity contribution in [1.29, 1.82) is 0 Å². The molecule has 2 aromatic carbocycles. The van der Waals surface area contributed by atoms with Crippen molar-refractivity contribution in [2.45, 2.75) is 6.18 Å². The van der Waals surface area contributed by atoms with Crippen LogP contribution in [0.5, 0.6) is 0 Å². The number of hydrogen-bond donors (Lipinski definition) is 1. The first kappa shape index (κ1) is 15.8. The smallest absolute Gasteiger partial charge is 0.388 e. The van der Waals surface area contributed by atoms with E-state index in [0.29, 0.717) is 5.56 Å². The van der Waals surface area contributed by atoms with Crippen molar-refractivity contribution in [3.05, 3.63) is 65.2 Å². The van der Waals surface area contributed by atoms with Gasteiger partial charge in [0.2, 0.25) is 0 Å². The van der Waals surface area contributed by atoms with E-state index in [9.17, 15) is 13.2 Å². The van der Waals surface area contributed by atoms with Crippen molar-refractivity contribution in [1.82, 2.24) is 0 Å². The van der Waals surface area contributed by atoms with Gasteiger partial charge in [-0.1, -0.05) is 24.3 Å². The number of hydrogen-bond acceptors (Lipinski definition) is 3. The van der Waals surface area contributed by atoms with Gasteiger partial charge in [-0.15, -0.1) is 0 Å². The van der Waals surface area contributed by atoms with Gasteiger partial charge in [0.25, 0.3) is 0 Å². The maximum absolute atomic E-state index is 12.4. The standard InChI is InChI=1S/C16H14F3N3/c1-20-15-8-4-13(5-9-15)11-22-21-10-12-2-6-14(7-3-12)16(17,18)19/h2-11,20H,1H3/b21-10+,22-11+. The summed E-state index contributed by atoms with van der Waals surface area (Å²) in [7, 11) is 1.83. The average molecular weight is 305 g/mol. The second-order valence-electron chi connectivity index (χ2n) is 4.48. The van der Waals surface area contributed by atoms with Gasteiger partial charge in [-0.2, -0.15) is 23.4 Å². The molecule has 0 saturated heterocycles. The molecule has 0 saturated carbocycles. The van der Waals surface area contributed by atoms with E-state index in [-0.39, 0.29) is 0 Å². The Morgan fingerprint density at radius 3 is 1.68 bits per heavy atom. The first-order valence-corrected chi connectivity index (χ1v) is 6.50. The van der Waals surface area contributed by atoms with Crippen molar-refractivity contribution in [3.8, 4) is 0 Å². The summed E-state index contributed by atoms with van der Waals surface area (Å²) >= 11 is 0. The van der Waals surface area contributed by atoms with Gasteiger partial charge in [-0.25, -0.2) is 0 Å². The lowest BCUT2D eigenvalue weighted by atomic mass is 10.1. The van der Waals surface area contributed by atoms with Crippen molar-refractivity contribution in [3.63, 3.8) is 0 Å². The molecule has 0 atom stereocenters. The lowest BCUT2D eigenvalue weighted by molar-refractivity contribution is -0.137. The van der Waals surface area contributed by atoms with Crippen molar-refractivity contribution >= 4 is 18.1 Å². The minimum Gasteiger partial charge on any atom is -0.388 e. The van der Waals surface area contributed by atoms with Gasteiger partial charge in [0, 0.05) is 12.7 Å². The van der Waals surface area contributed by atoms with Gasteiger partial charge in [-0.3, -0.25) is 0 Å². The summed E-state index contributed by atoms with van der Waals surface area (Å²) in [6, 6.07) is 12.3. The lowest BCUT2D eigenvalue weighted by Gasteiger charge is -2.05. The summed E-state index contributed by atoms with van der Waals surface area (Å²) in [6.45, 7) is 0. The van der Waals surface area contributed by atoms with Crippen molar-refractivity contribution in [2.24, 2.45) is 10.2 Å². The molecule has 0 unspecified atom stereocenters. The number of benzene rings is 2. The fraction of sp³-hybridized carbons (Fsp3) is 0.125. The predicted molar refractivity (Wildman–Crippen MR) is 82.6 cm³/mol. The van der Waals surface area contributed by atoms with Gasteiger partial charge in [-0.05, 0) is 35.4 Å². The third kappa shape index (κ3) is 4.44. The highest BCUT2D eigenvalue weighted by Crippen LogP contribution is 2.28. The molecular formula is C16H14F3N3. The topological polar surface area (TPSA) is 36.8 Å². The van der Waals surface area contributed by atoms with Crippen LogP contribution in [0.1, 0.15) is 16.7 Å². The molecule has 2 aromatic rings. The molecule has 114 valence electrons. The summed E-state index contributed by atoms with van der Waals surface area (Å²) in [4.78, 5) is 0. The number of anilines is 1. The Morgan fingerprint density at radius 2 is 1.27 bits per heavy atom. The van der Waals surface area contributed by atoms with E-state index in [0.717, 1.165) is 23.4 Å². The first-order chi connectivity index (χ1) is 10.5. The van der Waals surface area contributed by atoms with E-state index in [1.165, 1.54) is 18.3 Å². The van der Waals surface area contributed by atoms with Crippen LogP contribution in [-0.4, -0.2) is 19.5 Å². The normalized spacial score (nSPS) is 12.2. The SMILES string of the molecule is CNc1ccc(/C=N/N=C/c2ccc(C(F)(F)F)cc2)cc1. The number of alkyl halides is 3. The third-order valence-corrected chi connectivity index (χ3v) is 2.92. The van der Waals surface area contributed by atoms with Gasteiger partial charge < -0.3 is 5.32 Å². The molecule has 0 spiro atoms. The van der Waals surface area contributed by atoms with Crippen molar-refractivity contribution < 1.29 is 13.2 Å². The molecule has 0 amide bonds. The molecule has 0 heterocycles. The van der Waals surface area contributed by atoms with Gasteiger partial charge in [0.05, 0.1) is 18.0 Å². The summed E-state index contributed by atoms with van der Waals surface area (Å²) < 4.78 is 37.2. The van der Waals surface area contributed by atoms with Crippen LogP contribution in [0.15, 0.2) is 58.7 Å². The molecule has 0 aliphatic heterocycles. The Morgan fingerprint density at radius 1 is 0.818 bits per heavy atom. The number of rotatable bonds is 4. The Hall–Kier alpha value is -2.63. The predicted octanol–water partition coefficient (Wildman–Crippen LogP) is 4.20. The molecule has 6 heteroatoms. The Kier molecular flexibility index (Phi) is 4.93. The zero-order valence-corrected chi connectivity index (χ0v) is 11.8. The molecule has 0 aliphatic rings. The largest absolute Gasteiger partial charge is 0.416 e. The second-order valence-corrected chi connectivity index (χ2v) is 4.48. The van der Waals surface area contributed by atoms with Crippen LogP contribution in [0, 0.1) is 0 Å². The van der Waals surface area contributed by atoms with Crippen LogP contribution in [0.25, 0.3) is 0 Å². The van der Waals surface area contributed by atoms with Crippen LogP contribution in [0.2, 0.25) is 0 Å². The van der Waals surface area contributed by atoms with E-state index in [2.05, 4.69) is 15.5 Å². The molecule has 3 nitrogen and oxygen atoms in total. The molecule has 22 heavy (non-hydrogen) atoms. The van der Waals surface area contributed by atoms with Crippen LogP contribution < -0.4 is 5.32 Å². The monoisotopic (exact) mass is 305 g/mol. The average Bonchev–Trinajstić information content (AvgIpc) is 2.52. The molecule has 2 rings (SSSR count). The third-order valence-electron chi connectivity index (χ3n) is 2.92. The Labute approximate surface area is 126 Å². The van der Waals surface area contributed by atoms with E-state index in [1.54, 1.807) is 6.21 Å². The lowest BCUT2D eigenvalue weighted by Crippen LogP contribution is -2.04. The summed E-state index contributed by atoms with van der Waals surface area (Å²) in [5, 5.41) is 10.7. The highest BCUT2D eigenvalue weighted by molar-refractivity contribution is 5.83. The molecular weight excluding hydrogens is 291 g/mol. The molecule has 0 aromatic heterocycles. The van der Waals surface area contributed by atoms with E-state index < -0.39 is 11.7 Å². The molecule has 0 bridgehead atoms. The van der Waals surface area contributed by atoms with Gasteiger partial charge >= 0.3 is 6.18 Å². The second kappa shape index (κ2) is 6.89. The minimum absolute atomic E-state index is 0.552. The number of halogens is 3. The van der Waals surface area contributed by atoms with E-state index >= 15 is 0 Å². The highest BCUT2D eigenvalue weighted by Gasteiger charge is 2.29. The number of nitrogens with zero attached hydrogens (tertiary/aromatic N) is 2. The quantitative estimate of drug-likeness (QED) is 0.667. The summed E-state index contributed by atoms with van der Waals surface area (Å²) in [5.74, 6) is 0. The number of nitrogens with one attached hydrogen (secondary N) is 1. The zero-order chi connectivity index (χ0) is 16.0. The van der Waals surface area contributed by atoms with Crippen LogP contribution in [-0.2, 0) is 6.18 Å². The summed E-state index contributed by atoms with van der Waals surface area (Å²) in [5.41, 5.74) is 1.74.